The Labute approximate surface area is 171 Å². The normalized spacial score (nSPS) is 25.6. The van der Waals surface area contributed by atoms with E-state index in [9.17, 15) is 0 Å². The molecule has 0 unspecified atom stereocenters. The van der Waals surface area contributed by atoms with Gasteiger partial charge in [-0.05, 0) is 48.5 Å². The summed E-state index contributed by atoms with van der Waals surface area (Å²) in [6, 6.07) is 8.41. The molecule has 4 heteroatoms. The minimum Gasteiger partial charge on any atom is -0.344 e. The number of nitrogens with zero attached hydrogens (tertiary/aromatic N) is 2. The maximum atomic E-state index is 5.85. The van der Waals surface area contributed by atoms with E-state index in [1.54, 1.807) is 5.54 Å². The monoisotopic (exact) mass is 389 g/mol. The number of aryl methyl sites for hydroxylation is 1. The summed E-state index contributed by atoms with van der Waals surface area (Å²) in [5.41, 5.74) is 7.36. The number of hydrogen-bond donors (Lipinski definition) is 1. The van der Waals surface area contributed by atoms with Gasteiger partial charge in [0.05, 0.1) is 0 Å². The van der Waals surface area contributed by atoms with Gasteiger partial charge < -0.3 is 5.32 Å². The van der Waals surface area contributed by atoms with Crippen LogP contribution in [0.5, 0.6) is 0 Å². The lowest BCUT2D eigenvalue weighted by Crippen LogP contribution is -2.40. The number of benzene rings is 1. The average molecular weight is 390 g/mol. The fraction of sp³-hybridized carbons (Fsp3) is 0.250. The summed E-state index contributed by atoms with van der Waals surface area (Å²) in [5, 5.41) is 3.53. The summed E-state index contributed by atoms with van der Waals surface area (Å²) >= 11 is 5.85. The Bertz CT molecular complexity index is 989. The maximum Gasteiger partial charge on any atom is 0.155 e. The van der Waals surface area contributed by atoms with Gasteiger partial charge in [0.2, 0.25) is 0 Å². The third kappa shape index (κ3) is 4.10. The summed E-state index contributed by atoms with van der Waals surface area (Å²) in [6.07, 6.45) is 14.4. The highest BCUT2D eigenvalue weighted by atomic mass is 35.5. The van der Waals surface area contributed by atoms with Crippen LogP contribution >= 0.6 is 11.6 Å². The molecule has 1 heterocycles. The molecule has 0 radical (unpaired) electrons. The number of halogens is 1. The summed E-state index contributed by atoms with van der Waals surface area (Å²) in [6.45, 7) is 4.32. The second-order valence-electron chi connectivity index (χ2n) is 7.51. The second kappa shape index (κ2) is 8.15. The lowest BCUT2D eigenvalue weighted by atomic mass is 9.94. The van der Waals surface area contributed by atoms with Crippen molar-refractivity contribution in [3.63, 3.8) is 0 Å². The van der Waals surface area contributed by atoms with Crippen molar-refractivity contribution in [1.82, 2.24) is 5.32 Å². The van der Waals surface area contributed by atoms with E-state index in [2.05, 4.69) is 79.9 Å². The van der Waals surface area contributed by atoms with Gasteiger partial charge in [-0.1, -0.05) is 78.7 Å². The molecule has 142 valence electrons. The highest BCUT2D eigenvalue weighted by Gasteiger charge is 2.24. The number of aliphatic imine (C=N–C) groups is 2. The fourth-order valence-corrected chi connectivity index (χ4v) is 3.73. The molecule has 0 spiro atoms. The van der Waals surface area contributed by atoms with Gasteiger partial charge in [-0.15, -0.1) is 0 Å². The molecule has 0 aromatic heterocycles. The van der Waals surface area contributed by atoms with Gasteiger partial charge in [0.15, 0.2) is 5.84 Å². The van der Waals surface area contributed by atoms with Crippen molar-refractivity contribution >= 4 is 23.3 Å². The molecule has 0 bridgehead atoms. The van der Waals surface area contributed by atoms with Crippen LogP contribution in [0.2, 0.25) is 0 Å². The van der Waals surface area contributed by atoms with E-state index in [-0.39, 0.29) is 6.17 Å². The summed E-state index contributed by atoms with van der Waals surface area (Å²) in [5.74, 6) is 2.19. The van der Waals surface area contributed by atoms with Crippen molar-refractivity contribution in [1.29, 1.82) is 0 Å². The first-order valence-electron chi connectivity index (χ1n) is 9.67. The van der Waals surface area contributed by atoms with E-state index >= 15 is 0 Å². The Hall–Kier alpha value is -2.65. The minimum absolute atomic E-state index is 0.154. The topological polar surface area (TPSA) is 36.8 Å². The molecule has 1 aromatic carbocycles. The van der Waals surface area contributed by atoms with E-state index in [0.717, 1.165) is 41.2 Å². The number of amidine groups is 2. The third-order valence-corrected chi connectivity index (χ3v) is 5.40. The van der Waals surface area contributed by atoms with E-state index in [4.69, 9.17) is 21.6 Å². The molecule has 2 atom stereocenters. The predicted molar refractivity (Wildman–Crippen MR) is 119 cm³/mol. The van der Waals surface area contributed by atoms with Crippen molar-refractivity contribution < 1.29 is 0 Å². The van der Waals surface area contributed by atoms with E-state index in [1.807, 2.05) is 0 Å². The lowest BCUT2D eigenvalue weighted by Gasteiger charge is -2.27. The van der Waals surface area contributed by atoms with Crippen LogP contribution in [-0.4, -0.2) is 17.8 Å². The molecule has 2 aliphatic carbocycles. The van der Waals surface area contributed by atoms with Gasteiger partial charge in [0.1, 0.15) is 12.0 Å². The van der Waals surface area contributed by atoms with Gasteiger partial charge in [0, 0.05) is 11.1 Å². The molecule has 1 aromatic rings. The molecule has 0 saturated heterocycles. The molecule has 3 aliphatic rings. The standard InChI is InChI=1S/C24H24ClN3/c1-16-5-3-7-20(13-16)23-26-22(19-11-9-18(15-25)10-12-19)27-24(28-23)21-8-4-6-17(2)14-21/h3-9,11-13,15,17,22H,10,14H2,1-2H3,(H,26,27,28)/b18-15+/t17-,22-/m1/s1. The predicted octanol–water partition coefficient (Wildman–Crippen LogP) is 5.60. The highest BCUT2D eigenvalue weighted by Crippen LogP contribution is 2.25. The van der Waals surface area contributed by atoms with Crippen LogP contribution in [-0.2, 0) is 0 Å². The zero-order valence-electron chi connectivity index (χ0n) is 16.2. The molecule has 0 saturated carbocycles. The summed E-state index contributed by atoms with van der Waals surface area (Å²) in [4.78, 5) is 9.85. The second-order valence-corrected chi connectivity index (χ2v) is 7.73. The SMILES string of the molecule is Cc1cccc(C2=NC(C3=CC=C[C@@H](C)C3)=N[C@H](C3=CC/C(=C/Cl)C=C3)N2)c1. The summed E-state index contributed by atoms with van der Waals surface area (Å²) < 4.78 is 0. The number of hydrogen-bond acceptors (Lipinski definition) is 3. The number of nitrogens with one attached hydrogen (secondary N) is 1. The van der Waals surface area contributed by atoms with Gasteiger partial charge in [-0.25, -0.2) is 9.98 Å². The van der Waals surface area contributed by atoms with Crippen LogP contribution in [0.15, 0.2) is 93.0 Å². The Morgan fingerprint density at radius 3 is 2.86 bits per heavy atom. The van der Waals surface area contributed by atoms with Crippen molar-refractivity contribution in [2.24, 2.45) is 15.9 Å². The van der Waals surface area contributed by atoms with Gasteiger partial charge in [-0.3, -0.25) is 0 Å². The van der Waals surface area contributed by atoms with Crippen LogP contribution in [0.25, 0.3) is 0 Å². The van der Waals surface area contributed by atoms with E-state index < -0.39 is 0 Å². The quantitative estimate of drug-likeness (QED) is 0.717. The van der Waals surface area contributed by atoms with Crippen molar-refractivity contribution in [2.75, 3.05) is 0 Å². The van der Waals surface area contributed by atoms with Crippen molar-refractivity contribution in [2.45, 2.75) is 32.9 Å². The Morgan fingerprint density at radius 1 is 1.25 bits per heavy atom. The Balaban J connectivity index is 1.71. The Morgan fingerprint density at radius 2 is 2.14 bits per heavy atom. The van der Waals surface area contributed by atoms with Crippen molar-refractivity contribution in [3.05, 3.63) is 94.1 Å². The fourth-order valence-electron chi connectivity index (χ4n) is 3.57. The zero-order chi connectivity index (χ0) is 19.5. The van der Waals surface area contributed by atoms with Crippen LogP contribution in [0, 0.1) is 12.8 Å². The molecule has 3 nitrogen and oxygen atoms in total. The highest BCUT2D eigenvalue weighted by molar-refractivity contribution is 6.25. The minimum atomic E-state index is -0.154. The lowest BCUT2D eigenvalue weighted by molar-refractivity contribution is 0.703. The van der Waals surface area contributed by atoms with Crippen molar-refractivity contribution in [3.8, 4) is 0 Å². The first-order valence-corrected chi connectivity index (χ1v) is 10.1. The van der Waals surface area contributed by atoms with Gasteiger partial charge in [0.25, 0.3) is 0 Å². The molecule has 0 fully saturated rings. The summed E-state index contributed by atoms with van der Waals surface area (Å²) in [7, 11) is 0. The molecular weight excluding hydrogens is 366 g/mol. The molecule has 1 aliphatic heterocycles. The van der Waals surface area contributed by atoms with Crippen LogP contribution in [0.4, 0.5) is 0 Å². The molecular formula is C24H24ClN3. The average Bonchev–Trinajstić information content (AvgIpc) is 2.73. The number of rotatable bonds is 3. The van der Waals surface area contributed by atoms with E-state index in [0.29, 0.717) is 5.92 Å². The van der Waals surface area contributed by atoms with Crippen LogP contribution < -0.4 is 5.32 Å². The first kappa shape index (κ1) is 18.7. The molecule has 0 amide bonds. The first-order chi connectivity index (χ1) is 13.6. The van der Waals surface area contributed by atoms with Crippen LogP contribution in [0.3, 0.4) is 0 Å². The number of allylic oxidation sites excluding steroid dienone is 6. The molecule has 28 heavy (non-hydrogen) atoms. The molecule has 4 rings (SSSR count). The third-order valence-electron chi connectivity index (χ3n) is 5.12. The van der Waals surface area contributed by atoms with Crippen LogP contribution in [0.1, 0.15) is 30.9 Å². The zero-order valence-corrected chi connectivity index (χ0v) is 16.9. The smallest absolute Gasteiger partial charge is 0.155 e. The maximum absolute atomic E-state index is 5.85. The van der Waals surface area contributed by atoms with E-state index in [1.165, 1.54) is 11.1 Å². The Kier molecular flexibility index (Phi) is 5.45. The van der Waals surface area contributed by atoms with Gasteiger partial charge >= 0.3 is 0 Å². The largest absolute Gasteiger partial charge is 0.344 e. The van der Waals surface area contributed by atoms with Gasteiger partial charge in [-0.2, -0.15) is 0 Å². The molecule has 1 N–H and O–H groups in total.